The molecule has 0 aromatic heterocycles. The lowest BCUT2D eigenvalue weighted by atomic mass is 9.45. The molecule has 0 bridgehead atoms. The van der Waals surface area contributed by atoms with Gasteiger partial charge in [0.2, 0.25) is 0 Å². The molecule has 4 aliphatic carbocycles. The Kier molecular flexibility index (Phi) is 4.09. The van der Waals surface area contributed by atoms with Gasteiger partial charge in [0.25, 0.3) is 0 Å². The molecular formula is C22H30O4. The summed E-state index contributed by atoms with van der Waals surface area (Å²) in [6.45, 7) is 6.12. The number of carbonyl (C=O) groups is 2. The van der Waals surface area contributed by atoms with Crippen molar-refractivity contribution >= 4 is 11.6 Å². The standard InChI is InChI=1S/C22H30O4/c1-12-8-14-15-4-5-16(19(26)11-23)22(15,3)10-18(25)20(14)21(2)7-6-13(24)9-17(12)21/h6-7,9,12,14-16,18,20,23,25H,4-5,8,10-11H2,1-3H3/t12-,14-,15?,16+,18-,20?,21-,22-/m0/s1. The van der Waals surface area contributed by atoms with Gasteiger partial charge in [0.15, 0.2) is 11.6 Å². The second-order valence-corrected chi connectivity index (χ2v) is 9.58. The van der Waals surface area contributed by atoms with E-state index in [2.05, 4.69) is 20.8 Å². The molecule has 2 unspecified atom stereocenters. The van der Waals surface area contributed by atoms with Gasteiger partial charge < -0.3 is 10.2 Å². The summed E-state index contributed by atoms with van der Waals surface area (Å²) in [6.07, 6.45) is 8.35. The zero-order chi connectivity index (χ0) is 18.9. The summed E-state index contributed by atoms with van der Waals surface area (Å²) in [7, 11) is 0. The highest BCUT2D eigenvalue weighted by atomic mass is 16.3. The van der Waals surface area contributed by atoms with Crippen LogP contribution in [0.25, 0.3) is 0 Å². The van der Waals surface area contributed by atoms with Crippen molar-refractivity contribution < 1.29 is 19.8 Å². The normalized spacial score (nSPS) is 49.9. The first-order chi connectivity index (χ1) is 12.2. The predicted molar refractivity (Wildman–Crippen MR) is 98.1 cm³/mol. The molecule has 0 aliphatic heterocycles. The summed E-state index contributed by atoms with van der Waals surface area (Å²) >= 11 is 0. The van der Waals surface area contributed by atoms with Crippen molar-refractivity contribution in [1.82, 2.24) is 0 Å². The Bertz CT molecular complexity index is 707. The van der Waals surface area contributed by atoms with E-state index in [0.29, 0.717) is 24.2 Å². The SMILES string of the molecule is C[C@H]1C[C@@H]2C([C@@H](O)C[C@@]3(C)C2CC[C@@H]3C(=O)CO)[C@@]2(C)C=CC(=O)C=C12. The molecule has 8 atom stereocenters. The number of Topliss-reactive ketones (excluding diaryl/α,β-unsaturated/α-hetero) is 1. The van der Waals surface area contributed by atoms with E-state index in [9.17, 15) is 19.8 Å². The van der Waals surface area contributed by atoms with Crippen LogP contribution in [0.5, 0.6) is 0 Å². The van der Waals surface area contributed by atoms with Crippen molar-refractivity contribution in [3.8, 4) is 0 Å². The maximum absolute atomic E-state index is 12.3. The minimum Gasteiger partial charge on any atom is -0.393 e. The van der Waals surface area contributed by atoms with Gasteiger partial charge in [-0.15, -0.1) is 0 Å². The van der Waals surface area contributed by atoms with Crippen LogP contribution in [-0.4, -0.2) is 34.5 Å². The number of carbonyl (C=O) groups excluding carboxylic acids is 2. The molecule has 4 heteroatoms. The fourth-order valence-corrected chi connectivity index (χ4v) is 7.39. The summed E-state index contributed by atoms with van der Waals surface area (Å²) in [5.74, 6) is 0.967. The van der Waals surface area contributed by atoms with Crippen LogP contribution in [-0.2, 0) is 9.59 Å². The van der Waals surface area contributed by atoms with Crippen molar-refractivity contribution in [2.45, 2.75) is 52.6 Å². The highest BCUT2D eigenvalue weighted by Crippen LogP contribution is 2.66. The molecule has 4 rings (SSSR count). The Balaban J connectivity index is 1.75. The third kappa shape index (κ3) is 2.27. The third-order valence-electron chi connectivity index (χ3n) is 8.36. The minimum atomic E-state index is -0.493. The topological polar surface area (TPSA) is 74.6 Å². The lowest BCUT2D eigenvalue weighted by molar-refractivity contribution is -0.143. The first kappa shape index (κ1) is 18.1. The largest absolute Gasteiger partial charge is 0.393 e. The number of rotatable bonds is 2. The van der Waals surface area contributed by atoms with Crippen molar-refractivity contribution in [1.29, 1.82) is 0 Å². The number of fused-ring (bicyclic) bond motifs is 5. The Labute approximate surface area is 155 Å². The van der Waals surface area contributed by atoms with E-state index >= 15 is 0 Å². The number of hydrogen-bond donors (Lipinski definition) is 2. The van der Waals surface area contributed by atoms with Gasteiger partial charge >= 0.3 is 0 Å². The van der Waals surface area contributed by atoms with E-state index in [0.717, 1.165) is 24.8 Å². The van der Waals surface area contributed by atoms with Gasteiger partial charge in [-0.25, -0.2) is 0 Å². The van der Waals surface area contributed by atoms with Crippen molar-refractivity contribution in [2.75, 3.05) is 6.61 Å². The molecule has 26 heavy (non-hydrogen) atoms. The molecule has 4 nitrogen and oxygen atoms in total. The van der Waals surface area contributed by atoms with Crippen LogP contribution < -0.4 is 0 Å². The molecule has 142 valence electrons. The first-order valence-electron chi connectivity index (χ1n) is 9.99. The summed E-state index contributed by atoms with van der Waals surface area (Å²) < 4.78 is 0. The fourth-order valence-electron chi connectivity index (χ4n) is 7.39. The maximum Gasteiger partial charge on any atom is 0.178 e. The number of ketones is 2. The molecule has 0 heterocycles. The second kappa shape index (κ2) is 5.87. The van der Waals surface area contributed by atoms with E-state index in [1.807, 2.05) is 6.08 Å². The van der Waals surface area contributed by atoms with Gasteiger partial charge in [0.05, 0.1) is 6.10 Å². The van der Waals surface area contributed by atoms with Crippen LogP contribution in [0.3, 0.4) is 0 Å². The molecule has 3 fully saturated rings. The molecule has 4 aliphatic rings. The Morgan fingerprint density at radius 2 is 2.04 bits per heavy atom. The lowest BCUT2D eigenvalue weighted by Crippen LogP contribution is -2.57. The monoisotopic (exact) mass is 358 g/mol. The fraction of sp³-hybridized carbons (Fsp3) is 0.727. The lowest BCUT2D eigenvalue weighted by Gasteiger charge is -2.60. The molecule has 0 spiro atoms. The van der Waals surface area contributed by atoms with Crippen LogP contribution in [0.2, 0.25) is 0 Å². The molecule has 0 saturated heterocycles. The predicted octanol–water partition coefficient (Wildman–Crippen LogP) is 2.69. The summed E-state index contributed by atoms with van der Waals surface area (Å²) in [5, 5.41) is 20.6. The summed E-state index contributed by atoms with van der Waals surface area (Å²) in [4.78, 5) is 24.3. The molecular weight excluding hydrogens is 328 g/mol. The quantitative estimate of drug-likeness (QED) is 0.796. The van der Waals surface area contributed by atoms with Crippen molar-refractivity contribution in [3.63, 3.8) is 0 Å². The van der Waals surface area contributed by atoms with Gasteiger partial charge in [0, 0.05) is 17.3 Å². The average Bonchev–Trinajstić information content (AvgIpc) is 2.92. The van der Waals surface area contributed by atoms with Crippen LogP contribution >= 0.6 is 0 Å². The van der Waals surface area contributed by atoms with Crippen molar-refractivity contribution in [3.05, 3.63) is 23.8 Å². The average molecular weight is 358 g/mol. The van der Waals surface area contributed by atoms with Crippen LogP contribution in [0, 0.1) is 40.4 Å². The number of aliphatic hydroxyl groups excluding tert-OH is 2. The van der Waals surface area contributed by atoms with Crippen molar-refractivity contribution in [2.24, 2.45) is 40.4 Å². The maximum atomic E-state index is 12.3. The Morgan fingerprint density at radius 1 is 1.31 bits per heavy atom. The Hall–Kier alpha value is -1.26. The smallest absolute Gasteiger partial charge is 0.178 e. The summed E-state index contributed by atoms with van der Waals surface area (Å²) in [5.41, 5.74) is 0.650. The highest BCUT2D eigenvalue weighted by Gasteiger charge is 2.63. The molecule has 0 amide bonds. The van der Waals surface area contributed by atoms with Crippen LogP contribution in [0.15, 0.2) is 23.8 Å². The van der Waals surface area contributed by atoms with E-state index in [-0.39, 0.29) is 34.2 Å². The third-order valence-corrected chi connectivity index (χ3v) is 8.36. The van der Waals surface area contributed by atoms with Gasteiger partial charge in [-0.05, 0) is 61.0 Å². The van der Waals surface area contributed by atoms with E-state index in [1.165, 1.54) is 0 Å². The molecule has 2 N–H and O–H groups in total. The van der Waals surface area contributed by atoms with Gasteiger partial charge in [-0.2, -0.15) is 0 Å². The van der Waals surface area contributed by atoms with Gasteiger partial charge in [-0.3, -0.25) is 9.59 Å². The first-order valence-corrected chi connectivity index (χ1v) is 9.99. The molecule has 0 aromatic rings. The van der Waals surface area contributed by atoms with E-state index < -0.39 is 12.7 Å². The van der Waals surface area contributed by atoms with Gasteiger partial charge in [0.1, 0.15) is 6.61 Å². The number of allylic oxidation sites excluding steroid dienone is 4. The zero-order valence-corrected chi connectivity index (χ0v) is 15.9. The number of aliphatic hydroxyl groups is 2. The van der Waals surface area contributed by atoms with Gasteiger partial charge in [-0.1, -0.05) is 32.4 Å². The zero-order valence-electron chi connectivity index (χ0n) is 15.9. The Morgan fingerprint density at radius 3 is 2.73 bits per heavy atom. The van der Waals surface area contributed by atoms with E-state index in [1.54, 1.807) is 12.2 Å². The highest BCUT2D eigenvalue weighted by molar-refractivity contribution is 6.01. The molecule has 3 saturated carbocycles. The van der Waals surface area contributed by atoms with E-state index in [4.69, 9.17) is 0 Å². The summed E-state index contributed by atoms with van der Waals surface area (Å²) in [6, 6.07) is 0. The van der Waals surface area contributed by atoms with Crippen LogP contribution in [0.1, 0.15) is 46.5 Å². The van der Waals surface area contributed by atoms with Crippen LogP contribution in [0.4, 0.5) is 0 Å². The second-order valence-electron chi connectivity index (χ2n) is 9.58. The number of hydrogen-bond acceptors (Lipinski definition) is 4. The molecule has 0 aromatic carbocycles. The molecule has 0 radical (unpaired) electrons. The minimum absolute atomic E-state index is 0.0485.